The van der Waals surface area contributed by atoms with Crippen LogP contribution in [0.2, 0.25) is 5.15 Å². The lowest BCUT2D eigenvalue weighted by Gasteiger charge is -2.06. The molecule has 21 heavy (non-hydrogen) atoms. The van der Waals surface area contributed by atoms with Gasteiger partial charge in [0.1, 0.15) is 24.0 Å². The molecule has 0 aliphatic rings. The highest BCUT2D eigenvalue weighted by Crippen LogP contribution is 2.05. The highest BCUT2D eigenvalue weighted by Gasteiger charge is 1.99. The topological polar surface area (TPSA) is 68.8 Å². The van der Waals surface area contributed by atoms with Crippen molar-refractivity contribution < 1.29 is 9.63 Å². The molecule has 0 saturated carbocycles. The number of carbonyl (C=O) groups is 1. The molecule has 0 aliphatic heterocycles. The summed E-state index contributed by atoms with van der Waals surface area (Å²) in [7, 11) is 1.36. The zero-order valence-electron chi connectivity index (χ0n) is 11.3. The second-order valence-electron chi connectivity index (χ2n) is 4.04. The van der Waals surface area contributed by atoms with Gasteiger partial charge in [-0.15, -0.1) is 0 Å². The zero-order chi connectivity index (χ0) is 15.1. The monoisotopic (exact) mass is 304 g/mol. The van der Waals surface area contributed by atoms with Gasteiger partial charge in [0.15, 0.2) is 0 Å². The number of oxime groups is 1. The Morgan fingerprint density at radius 2 is 2.29 bits per heavy atom. The molecule has 0 N–H and O–H groups in total. The summed E-state index contributed by atoms with van der Waals surface area (Å²) < 4.78 is 1.82. The summed E-state index contributed by atoms with van der Waals surface area (Å²) >= 11 is 5.76. The van der Waals surface area contributed by atoms with Gasteiger partial charge in [-0.25, -0.2) is 4.98 Å². The van der Waals surface area contributed by atoms with E-state index in [0.29, 0.717) is 17.2 Å². The SMILES string of the molecule is CO/N=C/C(=O)N=c1ccccn1Cc1ccc(Cl)nc1. The number of carbonyl (C=O) groups excluding carboxylic acids is 1. The standard InChI is InChI=1S/C14H13ClN4O2/c1-21-17-9-14(20)18-13-4-2-3-7-19(13)10-11-5-6-12(15)16-8-11/h2-9H,10H2,1H3/b17-9+,18-13?. The molecule has 2 aromatic heterocycles. The Bertz CT molecular complexity index is 707. The summed E-state index contributed by atoms with van der Waals surface area (Å²) in [5, 5.41) is 3.83. The quantitative estimate of drug-likeness (QED) is 0.490. The van der Waals surface area contributed by atoms with Gasteiger partial charge in [-0.2, -0.15) is 4.99 Å². The van der Waals surface area contributed by atoms with Crippen molar-refractivity contribution >= 4 is 23.7 Å². The van der Waals surface area contributed by atoms with Gasteiger partial charge in [-0.3, -0.25) is 4.79 Å². The molecule has 2 aromatic rings. The summed E-state index contributed by atoms with van der Waals surface area (Å²) in [4.78, 5) is 24.0. The van der Waals surface area contributed by atoms with E-state index in [9.17, 15) is 4.79 Å². The maximum absolute atomic E-state index is 11.6. The van der Waals surface area contributed by atoms with Gasteiger partial charge in [-0.05, 0) is 23.8 Å². The number of rotatable bonds is 4. The van der Waals surface area contributed by atoms with Crippen LogP contribution in [0.1, 0.15) is 5.56 Å². The molecule has 0 aliphatic carbocycles. The molecular formula is C14H13ClN4O2. The highest BCUT2D eigenvalue weighted by atomic mass is 35.5. The minimum Gasteiger partial charge on any atom is -0.399 e. The summed E-state index contributed by atoms with van der Waals surface area (Å²) in [5.41, 5.74) is 1.46. The Labute approximate surface area is 126 Å². The van der Waals surface area contributed by atoms with Gasteiger partial charge in [0.2, 0.25) is 0 Å². The molecule has 0 aromatic carbocycles. The number of amides is 1. The minimum atomic E-state index is -0.494. The predicted molar refractivity (Wildman–Crippen MR) is 78.9 cm³/mol. The van der Waals surface area contributed by atoms with Crippen molar-refractivity contribution in [1.82, 2.24) is 9.55 Å². The lowest BCUT2D eigenvalue weighted by molar-refractivity contribution is -0.111. The van der Waals surface area contributed by atoms with Crippen LogP contribution in [0.3, 0.4) is 0 Å². The first-order valence-electron chi connectivity index (χ1n) is 6.10. The fourth-order valence-electron chi connectivity index (χ4n) is 1.64. The number of nitrogens with zero attached hydrogens (tertiary/aromatic N) is 4. The predicted octanol–water partition coefficient (Wildman–Crippen LogP) is 1.64. The van der Waals surface area contributed by atoms with E-state index in [1.807, 2.05) is 22.9 Å². The molecular weight excluding hydrogens is 292 g/mol. The first kappa shape index (κ1) is 14.9. The Balaban J connectivity index is 2.28. The Morgan fingerprint density at radius 1 is 1.43 bits per heavy atom. The van der Waals surface area contributed by atoms with Crippen LogP contribution in [0.5, 0.6) is 0 Å². The fraction of sp³-hybridized carbons (Fsp3) is 0.143. The Morgan fingerprint density at radius 3 is 3.00 bits per heavy atom. The third-order valence-electron chi connectivity index (χ3n) is 2.55. The van der Waals surface area contributed by atoms with Crippen molar-refractivity contribution in [1.29, 1.82) is 0 Å². The average Bonchev–Trinajstić information content (AvgIpc) is 2.49. The second kappa shape index (κ2) is 7.35. The maximum Gasteiger partial charge on any atom is 0.293 e. The van der Waals surface area contributed by atoms with Crippen molar-refractivity contribution in [3.05, 3.63) is 58.9 Å². The molecule has 0 fully saturated rings. The third kappa shape index (κ3) is 4.54. The third-order valence-corrected chi connectivity index (χ3v) is 2.78. The maximum atomic E-state index is 11.6. The van der Waals surface area contributed by atoms with Crippen molar-refractivity contribution in [2.45, 2.75) is 6.54 Å². The van der Waals surface area contributed by atoms with E-state index in [1.54, 1.807) is 24.4 Å². The number of aromatic nitrogens is 2. The molecule has 2 heterocycles. The van der Waals surface area contributed by atoms with Crippen molar-refractivity contribution in [3.8, 4) is 0 Å². The van der Waals surface area contributed by atoms with E-state index in [0.717, 1.165) is 11.8 Å². The van der Waals surface area contributed by atoms with Crippen LogP contribution in [0.15, 0.2) is 52.9 Å². The largest absolute Gasteiger partial charge is 0.399 e. The second-order valence-corrected chi connectivity index (χ2v) is 4.43. The van der Waals surface area contributed by atoms with Gasteiger partial charge < -0.3 is 9.40 Å². The normalized spacial score (nSPS) is 11.8. The first-order valence-corrected chi connectivity index (χ1v) is 6.48. The lowest BCUT2D eigenvalue weighted by Crippen LogP contribution is -2.22. The molecule has 0 saturated heterocycles. The molecule has 1 amide bonds. The first-order chi connectivity index (χ1) is 10.2. The van der Waals surface area contributed by atoms with E-state index >= 15 is 0 Å². The van der Waals surface area contributed by atoms with Gasteiger partial charge in [-0.1, -0.05) is 28.9 Å². The minimum absolute atomic E-state index is 0.438. The number of hydrogen-bond acceptors (Lipinski definition) is 4. The molecule has 108 valence electrons. The van der Waals surface area contributed by atoms with Crippen molar-refractivity contribution in [2.75, 3.05) is 7.11 Å². The summed E-state index contributed by atoms with van der Waals surface area (Å²) in [6.07, 6.45) is 4.52. The molecule has 0 unspecified atom stereocenters. The van der Waals surface area contributed by atoms with E-state index < -0.39 is 5.91 Å². The summed E-state index contributed by atoms with van der Waals surface area (Å²) in [6.45, 7) is 0.526. The summed E-state index contributed by atoms with van der Waals surface area (Å²) in [5.74, 6) is -0.494. The zero-order valence-corrected chi connectivity index (χ0v) is 12.1. The molecule has 0 bridgehead atoms. The van der Waals surface area contributed by atoms with Crippen LogP contribution in [-0.2, 0) is 16.2 Å². The van der Waals surface area contributed by atoms with Crippen molar-refractivity contribution in [2.24, 2.45) is 10.1 Å². The van der Waals surface area contributed by atoms with Crippen LogP contribution in [0, 0.1) is 0 Å². The van der Waals surface area contributed by atoms with E-state index in [1.165, 1.54) is 7.11 Å². The van der Waals surface area contributed by atoms with Gasteiger partial charge >= 0.3 is 0 Å². The molecule has 6 nitrogen and oxygen atoms in total. The van der Waals surface area contributed by atoms with E-state index in [4.69, 9.17) is 11.6 Å². The van der Waals surface area contributed by atoms with Crippen LogP contribution >= 0.6 is 11.6 Å². The molecule has 7 heteroatoms. The molecule has 0 atom stereocenters. The number of halogens is 1. The fourth-order valence-corrected chi connectivity index (χ4v) is 1.75. The van der Waals surface area contributed by atoms with E-state index in [-0.39, 0.29) is 0 Å². The van der Waals surface area contributed by atoms with Gasteiger partial charge in [0.05, 0.1) is 6.54 Å². The Hall–Kier alpha value is -2.47. The smallest absolute Gasteiger partial charge is 0.293 e. The van der Waals surface area contributed by atoms with Crippen LogP contribution in [0.4, 0.5) is 0 Å². The molecule has 0 radical (unpaired) electrons. The van der Waals surface area contributed by atoms with Gasteiger partial charge in [0.25, 0.3) is 5.91 Å². The van der Waals surface area contributed by atoms with E-state index in [2.05, 4.69) is 20.0 Å². The number of hydrogen-bond donors (Lipinski definition) is 0. The molecule has 0 spiro atoms. The number of pyridine rings is 2. The summed E-state index contributed by atoms with van der Waals surface area (Å²) in [6, 6.07) is 8.98. The average molecular weight is 305 g/mol. The lowest BCUT2D eigenvalue weighted by atomic mass is 10.3. The van der Waals surface area contributed by atoms with Crippen LogP contribution < -0.4 is 5.49 Å². The van der Waals surface area contributed by atoms with Crippen molar-refractivity contribution in [3.63, 3.8) is 0 Å². The van der Waals surface area contributed by atoms with Gasteiger partial charge in [0, 0.05) is 12.4 Å². The highest BCUT2D eigenvalue weighted by molar-refractivity contribution is 6.29. The molecule has 2 rings (SSSR count). The van der Waals surface area contributed by atoms with Crippen LogP contribution in [0.25, 0.3) is 0 Å². The van der Waals surface area contributed by atoms with Crippen LogP contribution in [-0.4, -0.2) is 28.8 Å². The Kier molecular flexibility index (Phi) is 5.22.